The van der Waals surface area contributed by atoms with Crippen LogP contribution in [0.15, 0.2) is 58.5 Å². The molecule has 0 bridgehead atoms. The van der Waals surface area contributed by atoms with Crippen LogP contribution in [0.1, 0.15) is 12.0 Å². The summed E-state index contributed by atoms with van der Waals surface area (Å²) in [5, 5.41) is 3.46. The van der Waals surface area contributed by atoms with Crippen molar-refractivity contribution in [2.24, 2.45) is 10.9 Å². The van der Waals surface area contributed by atoms with Crippen LogP contribution in [0.25, 0.3) is 0 Å². The molecule has 2 heterocycles. The van der Waals surface area contributed by atoms with Gasteiger partial charge in [-0.15, -0.1) is 11.8 Å². The topological polar surface area (TPSA) is 59.0 Å². The highest BCUT2D eigenvalue weighted by Crippen LogP contribution is 2.25. The van der Waals surface area contributed by atoms with E-state index in [1.54, 1.807) is 7.11 Å². The van der Waals surface area contributed by atoms with Crippen LogP contribution in [-0.2, 0) is 11.3 Å². The molecule has 1 saturated heterocycles. The summed E-state index contributed by atoms with van der Waals surface area (Å²) in [6.45, 7) is 3.85. The highest BCUT2D eigenvalue weighted by molar-refractivity contribution is 7.99. The normalized spacial score (nSPS) is 16.8. The number of likely N-dealkylation sites (tertiary alicyclic amines) is 1. The summed E-state index contributed by atoms with van der Waals surface area (Å²) in [5.41, 5.74) is 1.10. The van der Waals surface area contributed by atoms with E-state index in [-0.39, 0.29) is 0 Å². The zero-order valence-electron chi connectivity index (χ0n) is 17.2. The average Bonchev–Trinajstić information content (AvgIpc) is 3.23. The molecule has 1 aliphatic rings. The van der Waals surface area contributed by atoms with Gasteiger partial charge in [0.25, 0.3) is 0 Å². The van der Waals surface area contributed by atoms with E-state index in [2.05, 4.69) is 50.5 Å². The first-order chi connectivity index (χ1) is 14.3. The van der Waals surface area contributed by atoms with E-state index in [4.69, 9.17) is 9.47 Å². The molecule has 0 radical (unpaired) electrons. The van der Waals surface area contributed by atoms with Crippen LogP contribution in [0.2, 0.25) is 0 Å². The third kappa shape index (κ3) is 6.94. The molecule has 29 heavy (non-hydrogen) atoms. The minimum Gasteiger partial charge on any atom is -0.475 e. The number of rotatable bonds is 9. The first kappa shape index (κ1) is 21.5. The zero-order valence-corrected chi connectivity index (χ0v) is 18.0. The lowest BCUT2D eigenvalue weighted by Gasteiger charge is -2.21. The van der Waals surface area contributed by atoms with Gasteiger partial charge in [-0.1, -0.05) is 24.3 Å². The van der Waals surface area contributed by atoms with Crippen LogP contribution in [0.4, 0.5) is 0 Å². The van der Waals surface area contributed by atoms with Crippen molar-refractivity contribution in [3.8, 4) is 5.88 Å². The molecule has 7 heteroatoms. The lowest BCUT2D eigenvalue weighted by Crippen LogP contribution is -2.39. The van der Waals surface area contributed by atoms with E-state index in [0.29, 0.717) is 31.6 Å². The van der Waals surface area contributed by atoms with Gasteiger partial charge in [-0.2, -0.15) is 0 Å². The molecule has 2 aromatic rings. The number of aromatic nitrogens is 1. The van der Waals surface area contributed by atoms with Crippen molar-refractivity contribution in [2.75, 3.05) is 46.2 Å². The molecule has 1 aliphatic heterocycles. The van der Waals surface area contributed by atoms with Crippen molar-refractivity contribution in [3.05, 3.63) is 54.2 Å². The minimum atomic E-state index is 0.506. The summed E-state index contributed by atoms with van der Waals surface area (Å²) in [4.78, 5) is 12.5. The quantitative estimate of drug-likeness (QED) is 0.294. The molecule has 0 amide bonds. The molecule has 0 saturated carbocycles. The lowest BCUT2D eigenvalue weighted by atomic mass is 10.2. The first-order valence-electron chi connectivity index (χ1n) is 9.98. The van der Waals surface area contributed by atoms with Crippen LogP contribution >= 0.6 is 11.8 Å². The van der Waals surface area contributed by atoms with E-state index >= 15 is 0 Å². The molecule has 1 aromatic heterocycles. The van der Waals surface area contributed by atoms with Gasteiger partial charge in [0.2, 0.25) is 5.88 Å². The van der Waals surface area contributed by atoms with Crippen LogP contribution in [0, 0.1) is 5.92 Å². The average molecular weight is 415 g/mol. The number of guanidine groups is 1. The number of methoxy groups -OCH3 is 1. The highest BCUT2D eigenvalue weighted by Gasteiger charge is 2.24. The summed E-state index contributed by atoms with van der Waals surface area (Å²) in [6.07, 6.45) is 3.04. The Morgan fingerprint density at radius 1 is 1.24 bits per heavy atom. The molecule has 1 aromatic carbocycles. The van der Waals surface area contributed by atoms with Crippen LogP contribution in [-0.4, -0.2) is 62.1 Å². The summed E-state index contributed by atoms with van der Waals surface area (Å²) < 4.78 is 10.5. The van der Waals surface area contributed by atoms with E-state index < -0.39 is 0 Å². The predicted octanol–water partition coefficient (Wildman–Crippen LogP) is 3.30. The smallest absolute Gasteiger partial charge is 0.213 e. The number of nitrogens with zero attached hydrogens (tertiary/aromatic N) is 3. The third-order valence-corrected chi connectivity index (χ3v) is 6.06. The third-order valence-electron chi connectivity index (χ3n) is 4.81. The Morgan fingerprint density at radius 2 is 2.10 bits per heavy atom. The second-order valence-electron chi connectivity index (χ2n) is 6.97. The van der Waals surface area contributed by atoms with E-state index in [9.17, 15) is 0 Å². The number of hydrogen-bond acceptors (Lipinski definition) is 5. The van der Waals surface area contributed by atoms with E-state index in [0.717, 1.165) is 30.4 Å². The molecule has 3 rings (SSSR count). The molecule has 156 valence electrons. The van der Waals surface area contributed by atoms with Crippen molar-refractivity contribution < 1.29 is 9.47 Å². The number of benzene rings is 1. The van der Waals surface area contributed by atoms with E-state index in [1.807, 2.05) is 37.1 Å². The van der Waals surface area contributed by atoms with Crippen molar-refractivity contribution in [1.82, 2.24) is 15.2 Å². The van der Waals surface area contributed by atoms with Crippen LogP contribution in [0.5, 0.6) is 5.88 Å². The van der Waals surface area contributed by atoms with Crippen LogP contribution < -0.4 is 10.1 Å². The second-order valence-corrected chi connectivity index (χ2v) is 8.06. The van der Waals surface area contributed by atoms with Gasteiger partial charge in [-0.3, -0.25) is 4.99 Å². The fraction of sp³-hybridized carbons (Fsp3) is 0.455. The van der Waals surface area contributed by atoms with Gasteiger partial charge in [0.05, 0.1) is 6.61 Å². The SMILES string of the molecule is CN=C(NCc1ccc(OCCOC)nc1)N1CCC(CSc2ccccc2)C1. The van der Waals surface area contributed by atoms with Crippen molar-refractivity contribution in [1.29, 1.82) is 0 Å². The number of thioether (sulfide) groups is 1. The lowest BCUT2D eigenvalue weighted by molar-refractivity contribution is 0.143. The minimum absolute atomic E-state index is 0.506. The number of hydrogen-bond donors (Lipinski definition) is 1. The van der Waals surface area contributed by atoms with Crippen molar-refractivity contribution in [3.63, 3.8) is 0 Å². The Hall–Kier alpha value is -2.25. The first-order valence-corrected chi connectivity index (χ1v) is 11.0. The molecule has 6 nitrogen and oxygen atoms in total. The Morgan fingerprint density at radius 3 is 2.83 bits per heavy atom. The summed E-state index contributed by atoms with van der Waals surface area (Å²) >= 11 is 1.94. The Balaban J connectivity index is 1.42. The van der Waals surface area contributed by atoms with Gasteiger partial charge < -0.3 is 19.7 Å². The second kappa shape index (κ2) is 11.7. The zero-order chi connectivity index (χ0) is 20.3. The molecular formula is C22H30N4O2S. The molecule has 1 unspecified atom stereocenters. The number of nitrogens with one attached hydrogen (secondary N) is 1. The maximum absolute atomic E-state index is 5.51. The molecule has 0 aliphatic carbocycles. The fourth-order valence-corrected chi connectivity index (χ4v) is 4.29. The van der Waals surface area contributed by atoms with Crippen molar-refractivity contribution in [2.45, 2.75) is 17.9 Å². The molecular weight excluding hydrogens is 384 g/mol. The largest absolute Gasteiger partial charge is 0.475 e. The summed E-state index contributed by atoms with van der Waals surface area (Å²) in [5.74, 6) is 3.40. The fourth-order valence-electron chi connectivity index (χ4n) is 3.24. The Kier molecular flexibility index (Phi) is 8.64. The Labute approximate surface area is 177 Å². The standard InChI is InChI=1S/C22H30N4O2S/c1-23-22(25-15-18-8-9-21(24-14-18)28-13-12-27-2)26-11-10-19(16-26)17-29-20-6-4-3-5-7-20/h3-9,14,19H,10-13,15-17H2,1-2H3,(H,23,25). The van der Waals surface area contributed by atoms with Crippen LogP contribution in [0.3, 0.4) is 0 Å². The highest BCUT2D eigenvalue weighted by atomic mass is 32.2. The molecule has 1 fully saturated rings. The van der Waals surface area contributed by atoms with Gasteiger partial charge in [-0.25, -0.2) is 4.98 Å². The van der Waals surface area contributed by atoms with Gasteiger partial charge in [-0.05, 0) is 30.0 Å². The maximum Gasteiger partial charge on any atom is 0.213 e. The summed E-state index contributed by atoms with van der Waals surface area (Å²) in [7, 11) is 3.50. The van der Waals surface area contributed by atoms with Gasteiger partial charge in [0.1, 0.15) is 6.61 Å². The van der Waals surface area contributed by atoms with Gasteiger partial charge in [0.15, 0.2) is 5.96 Å². The maximum atomic E-state index is 5.51. The number of pyridine rings is 1. The van der Waals surface area contributed by atoms with Gasteiger partial charge >= 0.3 is 0 Å². The molecule has 1 N–H and O–H groups in total. The molecule has 0 spiro atoms. The van der Waals surface area contributed by atoms with E-state index in [1.165, 1.54) is 11.3 Å². The monoisotopic (exact) mass is 414 g/mol. The Bertz CT molecular complexity index is 755. The number of ether oxygens (including phenoxy) is 2. The van der Waals surface area contributed by atoms with Gasteiger partial charge in [0, 0.05) is 56.7 Å². The summed E-state index contributed by atoms with van der Waals surface area (Å²) in [6, 6.07) is 14.5. The van der Waals surface area contributed by atoms with Crippen molar-refractivity contribution >= 4 is 17.7 Å². The predicted molar refractivity (Wildman–Crippen MR) is 119 cm³/mol. The number of aliphatic imine (C=N–C) groups is 1. The molecule has 1 atom stereocenters.